The number of carboxylic acid groups (broad SMARTS) is 1. The van der Waals surface area contributed by atoms with Crippen LogP contribution in [0.15, 0.2) is 18.5 Å². The molecular formula is C13H19N5O2. The lowest BCUT2D eigenvalue weighted by Gasteiger charge is -2.01. The quantitative estimate of drug-likeness (QED) is 0.729. The molecule has 20 heavy (non-hydrogen) atoms. The Morgan fingerprint density at radius 3 is 2.90 bits per heavy atom. The summed E-state index contributed by atoms with van der Waals surface area (Å²) in [5, 5.41) is 20.9. The zero-order valence-corrected chi connectivity index (χ0v) is 11.6. The van der Waals surface area contributed by atoms with E-state index in [1.165, 1.54) is 0 Å². The number of hydrogen-bond acceptors (Lipinski definition) is 4. The van der Waals surface area contributed by atoms with Crippen molar-refractivity contribution in [1.82, 2.24) is 24.8 Å². The van der Waals surface area contributed by atoms with Crippen LogP contribution in [0, 0.1) is 0 Å². The van der Waals surface area contributed by atoms with Crippen LogP contribution in [-0.4, -0.2) is 35.9 Å². The van der Waals surface area contributed by atoms with E-state index in [1.807, 2.05) is 28.7 Å². The first-order chi connectivity index (χ1) is 9.65. The maximum absolute atomic E-state index is 10.4. The SMILES string of the molecule is Cn1nccc1CCn1cc(CCCCC(=O)O)nn1. The van der Waals surface area contributed by atoms with Gasteiger partial charge in [-0.15, -0.1) is 5.10 Å². The van der Waals surface area contributed by atoms with E-state index in [2.05, 4.69) is 15.4 Å². The maximum atomic E-state index is 10.4. The van der Waals surface area contributed by atoms with Crippen LogP contribution in [0.1, 0.15) is 30.7 Å². The molecule has 7 heteroatoms. The van der Waals surface area contributed by atoms with Gasteiger partial charge in [0.05, 0.1) is 5.69 Å². The first kappa shape index (κ1) is 14.2. The molecule has 0 atom stereocenters. The van der Waals surface area contributed by atoms with Gasteiger partial charge in [0.15, 0.2) is 0 Å². The molecular weight excluding hydrogens is 258 g/mol. The van der Waals surface area contributed by atoms with Gasteiger partial charge in [0, 0.05) is 44.5 Å². The van der Waals surface area contributed by atoms with E-state index in [1.54, 1.807) is 6.20 Å². The van der Waals surface area contributed by atoms with Crippen LogP contribution in [0.25, 0.3) is 0 Å². The van der Waals surface area contributed by atoms with Crippen LogP contribution in [0.5, 0.6) is 0 Å². The predicted molar refractivity (Wildman–Crippen MR) is 72.1 cm³/mol. The van der Waals surface area contributed by atoms with Gasteiger partial charge < -0.3 is 5.11 Å². The number of aryl methyl sites for hydroxylation is 4. The van der Waals surface area contributed by atoms with Crippen LogP contribution >= 0.6 is 0 Å². The summed E-state index contributed by atoms with van der Waals surface area (Å²) in [6.45, 7) is 0.766. The summed E-state index contributed by atoms with van der Waals surface area (Å²) in [5.74, 6) is -0.746. The minimum absolute atomic E-state index is 0.217. The minimum Gasteiger partial charge on any atom is -0.481 e. The molecule has 0 aliphatic carbocycles. The molecule has 2 rings (SSSR count). The van der Waals surface area contributed by atoms with Crippen molar-refractivity contribution in [3.05, 3.63) is 29.8 Å². The van der Waals surface area contributed by atoms with Crippen molar-refractivity contribution in [2.24, 2.45) is 7.05 Å². The Balaban J connectivity index is 1.74. The number of carboxylic acids is 1. The Bertz CT molecular complexity index is 561. The van der Waals surface area contributed by atoms with Crippen molar-refractivity contribution in [2.75, 3.05) is 0 Å². The van der Waals surface area contributed by atoms with Crippen LogP contribution in [0.4, 0.5) is 0 Å². The van der Waals surface area contributed by atoms with Crippen molar-refractivity contribution in [2.45, 2.75) is 38.6 Å². The third-order valence-electron chi connectivity index (χ3n) is 3.18. The highest BCUT2D eigenvalue weighted by Gasteiger charge is 2.04. The fourth-order valence-corrected chi connectivity index (χ4v) is 2.02. The van der Waals surface area contributed by atoms with Crippen molar-refractivity contribution in [1.29, 1.82) is 0 Å². The topological polar surface area (TPSA) is 85.8 Å². The molecule has 1 N–H and O–H groups in total. The van der Waals surface area contributed by atoms with Gasteiger partial charge >= 0.3 is 5.97 Å². The lowest BCUT2D eigenvalue weighted by molar-refractivity contribution is -0.137. The van der Waals surface area contributed by atoms with E-state index in [0.717, 1.165) is 37.2 Å². The van der Waals surface area contributed by atoms with E-state index in [0.29, 0.717) is 6.42 Å². The van der Waals surface area contributed by atoms with E-state index in [9.17, 15) is 4.79 Å². The number of unbranched alkanes of at least 4 members (excludes halogenated alkanes) is 1. The molecule has 108 valence electrons. The summed E-state index contributed by atoms with van der Waals surface area (Å²) in [6.07, 6.45) is 7.07. The van der Waals surface area contributed by atoms with Gasteiger partial charge in [0.1, 0.15) is 0 Å². The van der Waals surface area contributed by atoms with Gasteiger partial charge in [-0.1, -0.05) is 5.21 Å². The van der Waals surface area contributed by atoms with E-state index >= 15 is 0 Å². The number of aliphatic carboxylic acids is 1. The van der Waals surface area contributed by atoms with E-state index in [4.69, 9.17) is 5.11 Å². The molecule has 2 aromatic rings. The average Bonchev–Trinajstić information content (AvgIpc) is 3.01. The average molecular weight is 277 g/mol. The number of aromatic nitrogens is 5. The van der Waals surface area contributed by atoms with Crippen LogP contribution in [0.3, 0.4) is 0 Å². The van der Waals surface area contributed by atoms with Crippen molar-refractivity contribution >= 4 is 5.97 Å². The standard InChI is InChI=1S/C13H19N5O2/c1-17-12(6-8-14-17)7-9-18-10-11(15-16-18)4-2-3-5-13(19)20/h6,8,10H,2-5,7,9H2,1H3,(H,19,20). The highest BCUT2D eigenvalue weighted by Crippen LogP contribution is 2.05. The van der Waals surface area contributed by atoms with Crippen molar-refractivity contribution < 1.29 is 9.90 Å². The van der Waals surface area contributed by atoms with Gasteiger partial charge in [0.2, 0.25) is 0 Å². The molecule has 0 saturated heterocycles. The number of hydrogen-bond donors (Lipinski definition) is 1. The highest BCUT2D eigenvalue weighted by atomic mass is 16.4. The van der Waals surface area contributed by atoms with Crippen LogP contribution in [-0.2, 0) is 31.2 Å². The summed E-state index contributed by atoms with van der Waals surface area (Å²) >= 11 is 0. The molecule has 0 aliphatic rings. The third kappa shape index (κ3) is 4.18. The summed E-state index contributed by atoms with van der Waals surface area (Å²) in [6, 6.07) is 1.99. The molecule has 0 amide bonds. The summed E-state index contributed by atoms with van der Waals surface area (Å²) in [4.78, 5) is 10.4. The Labute approximate surface area is 117 Å². The molecule has 7 nitrogen and oxygen atoms in total. The molecule has 0 aromatic carbocycles. The Morgan fingerprint density at radius 1 is 1.35 bits per heavy atom. The molecule has 2 heterocycles. The normalized spacial score (nSPS) is 10.8. The lowest BCUT2D eigenvalue weighted by atomic mass is 10.1. The molecule has 0 fully saturated rings. The van der Waals surface area contributed by atoms with Gasteiger partial charge in [-0.25, -0.2) is 0 Å². The molecule has 0 radical (unpaired) electrons. The first-order valence-corrected chi connectivity index (χ1v) is 6.73. The zero-order valence-electron chi connectivity index (χ0n) is 11.6. The second kappa shape index (κ2) is 6.83. The molecule has 0 unspecified atom stereocenters. The second-order valence-corrected chi connectivity index (χ2v) is 4.77. The molecule has 0 aliphatic heterocycles. The van der Waals surface area contributed by atoms with Crippen molar-refractivity contribution in [3.63, 3.8) is 0 Å². The van der Waals surface area contributed by atoms with Crippen LogP contribution in [0.2, 0.25) is 0 Å². The summed E-state index contributed by atoms with van der Waals surface area (Å²) < 4.78 is 3.67. The minimum atomic E-state index is -0.746. The monoisotopic (exact) mass is 277 g/mol. The van der Waals surface area contributed by atoms with Crippen LogP contribution < -0.4 is 0 Å². The smallest absolute Gasteiger partial charge is 0.303 e. The lowest BCUT2D eigenvalue weighted by Crippen LogP contribution is -2.06. The van der Waals surface area contributed by atoms with E-state index < -0.39 is 5.97 Å². The molecule has 2 aromatic heterocycles. The number of carbonyl (C=O) groups is 1. The van der Waals surface area contributed by atoms with Gasteiger partial charge in [-0.3, -0.25) is 14.2 Å². The predicted octanol–water partition coefficient (Wildman–Crippen LogP) is 1.05. The largest absolute Gasteiger partial charge is 0.481 e. The zero-order chi connectivity index (χ0) is 14.4. The third-order valence-corrected chi connectivity index (χ3v) is 3.18. The van der Waals surface area contributed by atoms with Crippen molar-refractivity contribution in [3.8, 4) is 0 Å². The second-order valence-electron chi connectivity index (χ2n) is 4.77. The Kier molecular flexibility index (Phi) is 4.86. The number of nitrogens with zero attached hydrogens (tertiary/aromatic N) is 5. The Hall–Kier alpha value is -2.18. The van der Waals surface area contributed by atoms with Gasteiger partial charge in [-0.2, -0.15) is 5.10 Å². The molecule has 0 bridgehead atoms. The maximum Gasteiger partial charge on any atom is 0.303 e. The highest BCUT2D eigenvalue weighted by molar-refractivity contribution is 5.66. The number of rotatable bonds is 8. The summed E-state index contributed by atoms with van der Waals surface area (Å²) in [7, 11) is 1.92. The van der Waals surface area contributed by atoms with Gasteiger partial charge in [0.25, 0.3) is 0 Å². The molecule has 0 spiro atoms. The Morgan fingerprint density at radius 2 is 2.20 bits per heavy atom. The fourth-order valence-electron chi connectivity index (χ4n) is 2.02. The van der Waals surface area contributed by atoms with Gasteiger partial charge in [-0.05, 0) is 25.3 Å². The van der Waals surface area contributed by atoms with E-state index in [-0.39, 0.29) is 6.42 Å². The molecule has 0 saturated carbocycles. The summed E-state index contributed by atoms with van der Waals surface area (Å²) in [5.41, 5.74) is 2.07. The first-order valence-electron chi connectivity index (χ1n) is 6.73. The fraction of sp³-hybridized carbons (Fsp3) is 0.538.